The highest BCUT2D eigenvalue weighted by atomic mass is 19.3. The van der Waals surface area contributed by atoms with E-state index in [2.05, 4.69) is 20.1 Å². The molecule has 53 heavy (non-hydrogen) atoms. The van der Waals surface area contributed by atoms with Crippen LogP contribution in [0.25, 0.3) is 0 Å². The molecule has 0 bridgehead atoms. The number of ketones is 1. The van der Waals surface area contributed by atoms with Crippen LogP contribution in [0.15, 0.2) is 60.7 Å². The molecule has 2 aliphatic heterocycles. The molecule has 0 saturated carbocycles. The molecule has 4 rings (SSSR count). The Morgan fingerprint density at radius 2 is 1.19 bits per heavy atom. The number of nitrogens with zero attached hydrogens (tertiary/aromatic N) is 1. The van der Waals surface area contributed by atoms with Gasteiger partial charge in [-0.2, -0.15) is 17.6 Å². The fourth-order valence-electron chi connectivity index (χ4n) is 5.50. The van der Waals surface area contributed by atoms with Gasteiger partial charge in [0.1, 0.15) is 11.6 Å². The Morgan fingerprint density at radius 3 is 1.66 bits per heavy atom. The average Bonchev–Trinajstić information content (AvgIpc) is 3.90. The number of benzene rings is 2. The summed E-state index contributed by atoms with van der Waals surface area (Å²) in [5.74, 6) is -6.21. The summed E-state index contributed by atoms with van der Waals surface area (Å²) in [7, 11) is 1.02. The van der Waals surface area contributed by atoms with Crippen molar-refractivity contribution in [1.29, 1.82) is 0 Å². The van der Waals surface area contributed by atoms with Crippen molar-refractivity contribution in [2.24, 2.45) is 0 Å². The number of Topliss-reactive ketones (excluding diaryl/α,β-unsaturated/α-hetero) is 1. The van der Waals surface area contributed by atoms with E-state index in [0.717, 1.165) is 0 Å². The van der Waals surface area contributed by atoms with Gasteiger partial charge in [-0.05, 0) is 24.5 Å². The molecule has 2 aromatic carbocycles. The van der Waals surface area contributed by atoms with Crippen LogP contribution in [-0.2, 0) is 55.8 Å². The molecule has 2 aromatic rings. The van der Waals surface area contributed by atoms with Gasteiger partial charge >= 0.3 is 12.2 Å². The first kappa shape index (κ1) is 41.3. The van der Waals surface area contributed by atoms with Gasteiger partial charge in [0.15, 0.2) is 17.9 Å². The highest BCUT2D eigenvalue weighted by molar-refractivity contribution is 5.99. The van der Waals surface area contributed by atoms with E-state index in [4.69, 9.17) is 9.47 Å². The lowest BCUT2D eigenvalue weighted by atomic mass is 9.94. The van der Waals surface area contributed by atoms with Gasteiger partial charge in [-0.3, -0.25) is 28.9 Å². The number of epoxide rings is 1. The maximum atomic E-state index is 15.2. The Kier molecular flexibility index (Phi) is 14.0. The van der Waals surface area contributed by atoms with Crippen LogP contribution in [0.1, 0.15) is 18.1 Å². The number of methoxy groups -OCH3 is 2. The van der Waals surface area contributed by atoms with E-state index in [1.54, 1.807) is 70.9 Å². The molecule has 18 heteroatoms. The molecule has 0 aliphatic carbocycles. The fourth-order valence-corrected chi connectivity index (χ4v) is 5.50. The summed E-state index contributed by atoms with van der Waals surface area (Å²) in [5.41, 5.74) is -0.251. The lowest BCUT2D eigenvalue weighted by Crippen LogP contribution is -2.66. The lowest BCUT2D eigenvalue weighted by molar-refractivity contribution is -0.247. The van der Waals surface area contributed by atoms with Crippen LogP contribution in [0, 0.1) is 0 Å². The minimum atomic E-state index is -4.53. The third-order valence-electron chi connectivity index (χ3n) is 8.73. The first-order valence-corrected chi connectivity index (χ1v) is 16.7. The van der Waals surface area contributed by atoms with E-state index in [0.29, 0.717) is 51.6 Å². The van der Waals surface area contributed by atoms with Gasteiger partial charge in [-0.1, -0.05) is 60.7 Å². The van der Waals surface area contributed by atoms with E-state index in [9.17, 15) is 24.0 Å². The zero-order chi connectivity index (χ0) is 38.8. The summed E-state index contributed by atoms with van der Waals surface area (Å²) < 4.78 is 79.6. The predicted octanol–water partition coefficient (Wildman–Crippen LogP) is 0.580. The van der Waals surface area contributed by atoms with E-state index in [-0.39, 0.29) is 26.0 Å². The van der Waals surface area contributed by atoms with Crippen molar-refractivity contribution < 1.29 is 60.5 Å². The quantitative estimate of drug-likeness (QED) is 0.117. The molecule has 0 spiro atoms. The molecule has 14 nitrogen and oxygen atoms in total. The number of nitrogens with one attached hydrogen (secondary N) is 4. The van der Waals surface area contributed by atoms with E-state index < -0.39 is 71.4 Å². The summed E-state index contributed by atoms with van der Waals surface area (Å²) in [5, 5.41) is 8.03. The summed E-state index contributed by atoms with van der Waals surface area (Å²) in [4.78, 5) is 68.5. The topological polar surface area (TPSA) is 177 Å². The van der Waals surface area contributed by atoms with Crippen molar-refractivity contribution >= 4 is 29.4 Å². The Morgan fingerprint density at radius 1 is 0.736 bits per heavy atom. The van der Waals surface area contributed by atoms with Crippen molar-refractivity contribution in [1.82, 2.24) is 26.2 Å². The van der Waals surface area contributed by atoms with Gasteiger partial charge in [-0.25, -0.2) is 0 Å². The normalized spacial score (nSPS) is 19.9. The molecule has 5 atom stereocenters. The molecule has 2 saturated heterocycles. The van der Waals surface area contributed by atoms with Crippen LogP contribution >= 0.6 is 0 Å². The van der Waals surface area contributed by atoms with Gasteiger partial charge in [0, 0.05) is 33.7 Å². The van der Waals surface area contributed by atoms with Crippen molar-refractivity contribution in [3.05, 3.63) is 71.8 Å². The number of halogens is 4. The monoisotopic (exact) mass is 753 g/mol. The molecule has 0 aromatic heterocycles. The highest BCUT2D eigenvalue weighted by Crippen LogP contribution is 2.30. The van der Waals surface area contributed by atoms with E-state index in [1.807, 2.05) is 5.32 Å². The zero-order valence-corrected chi connectivity index (χ0v) is 29.4. The Bertz CT molecular complexity index is 1580. The first-order valence-electron chi connectivity index (χ1n) is 16.7. The second kappa shape index (κ2) is 18.0. The third kappa shape index (κ3) is 11.5. The number of rotatable bonds is 19. The number of ether oxygens (including phenoxy) is 4. The molecule has 2 heterocycles. The van der Waals surface area contributed by atoms with E-state index in [1.165, 1.54) is 6.92 Å². The largest absolute Gasteiger partial charge is 0.384 e. The Balaban J connectivity index is 1.56. The fraction of sp³-hybridized carbons (Fsp3) is 0.514. The number of carbonyl (C=O) groups excluding carboxylic acids is 5. The van der Waals surface area contributed by atoms with Crippen molar-refractivity contribution in [2.75, 3.05) is 53.7 Å². The summed E-state index contributed by atoms with van der Waals surface area (Å²) in [6.45, 7) is 2.92. The van der Waals surface area contributed by atoms with Gasteiger partial charge in [0.05, 0.1) is 32.4 Å². The van der Waals surface area contributed by atoms with Crippen LogP contribution in [0.3, 0.4) is 0 Å². The lowest BCUT2D eigenvalue weighted by Gasteiger charge is -2.31. The number of amides is 4. The highest BCUT2D eigenvalue weighted by Gasteiger charge is 2.54. The molecule has 0 unspecified atom stereocenters. The summed E-state index contributed by atoms with van der Waals surface area (Å²) >= 11 is 0. The Hall–Kier alpha value is -4.49. The van der Waals surface area contributed by atoms with Gasteiger partial charge < -0.3 is 40.2 Å². The van der Waals surface area contributed by atoms with Crippen LogP contribution in [0.2, 0.25) is 0 Å². The number of alkyl halides is 4. The standard InChI is InChI=1S/C35H43F4N5O9/c1-33(21-53-33)29(46)24(18-22-10-6-4-7-11-22)41-31(48)27(34(36,37)50-2)43-32(49)28(35(38,39)51-3)42-30(47)25(19-23-12-8-5-9-13-23)40-26(45)20-44-14-16-52-17-15-44/h4-13,24-25,27-28H,14-21H2,1-3H3,(H,40,45)(H,41,48)(H,42,47)(H,43,49)/t24-,25-,27-,28-,33+/m0/s1. The Labute approximate surface area is 303 Å². The van der Waals surface area contributed by atoms with E-state index >= 15 is 17.6 Å². The molecular weight excluding hydrogens is 710 g/mol. The molecule has 4 N–H and O–H groups in total. The summed E-state index contributed by atoms with van der Waals surface area (Å²) in [6.07, 6.45) is -9.41. The molecule has 2 aliphatic rings. The maximum Gasteiger partial charge on any atom is 0.384 e. The number of hydrogen-bond acceptors (Lipinski definition) is 10. The zero-order valence-electron chi connectivity index (χ0n) is 29.4. The molecule has 0 radical (unpaired) electrons. The second-order valence-corrected chi connectivity index (χ2v) is 12.7. The minimum Gasteiger partial charge on any atom is -0.379 e. The number of carbonyl (C=O) groups is 5. The average molecular weight is 754 g/mol. The SMILES string of the molecule is COC(F)(F)[C@@H](NC(=O)[C@H](Cc1ccccc1)NC(=O)CN1CCOCC1)C(=O)N[C@@H](C(=O)N[C@@H](Cc1ccccc1)C(=O)[C@@]1(C)CO1)C(F)(F)OC. The molecular formula is C35H43F4N5O9. The van der Waals surface area contributed by atoms with Gasteiger partial charge in [0.2, 0.25) is 11.8 Å². The van der Waals surface area contributed by atoms with Gasteiger partial charge in [-0.15, -0.1) is 0 Å². The molecule has 2 fully saturated rings. The van der Waals surface area contributed by atoms with Gasteiger partial charge in [0.25, 0.3) is 11.8 Å². The molecule has 4 amide bonds. The third-order valence-corrected chi connectivity index (χ3v) is 8.73. The minimum absolute atomic E-state index is 0.00774. The van der Waals surface area contributed by atoms with Crippen molar-refractivity contribution in [2.45, 2.75) is 61.8 Å². The summed E-state index contributed by atoms with van der Waals surface area (Å²) in [6, 6.07) is 7.51. The van der Waals surface area contributed by atoms with Crippen LogP contribution < -0.4 is 21.3 Å². The predicted molar refractivity (Wildman–Crippen MR) is 179 cm³/mol. The van der Waals surface area contributed by atoms with Crippen molar-refractivity contribution in [3.8, 4) is 0 Å². The van der Waals surface area contributed by atoms with Crippen LogP contribution in [0.5, 0.6) is 0 Å². The van der Waals surface area contributed by atoms with Crippen LogP contribution in [0.4, 0.5) is 17.6 Å². The number of hydrogen-bond donors (Lipinski definition) is 4. The number of morpholine rings is 1. The maximum absolute atomic E-state index is 15.2. The second-order valence-electron chi connectivity index (χ2n) is 12.7. The van der Waals surface area contributed by atoms with Crippen molar-refractivity contribution in [3.63, 3.8) is 0 Å². The molecule has 290 valence electrons. The first-order chi connectivity index (χ1) is 25.1. The smallest absolute Gasteiger partial charge is 0.379 e. The van der Waals surface area contributed by atoms with Crippen LogP contribution in [-0.4, -0.2) is 130 Å².